The Bertz CT molecular complexity index is 853. The van der Waals surface area contributed by atoms with Gasteiger partial charge in [0.1, 0.15) is 0 Å². The Morgan fingerprint density at radius 3 is 2.48 bits per heavy atom. The molecule has 0 amide bonds. The van der Waals surface area contributed by atoms with Crippen LogP contribution in [0.1, 0.15) is 42.1 Å². The van der Waals surface area contributed by atoms with Crippen molar-refractivity contribution in [2.75, 3.05) is 0 Å². The summed E-state index contributed by atoms with van der Waals surface area (Å²) >= 11 is 0. The summed E-state index contributed by atoms with van der Waals surface area (Å²) in [5.41, 5.74) is 3.91. The van der Waals surface area contributed by atoms with Crippen LogP contribution in [0.15, 0.2) is 54.6 Å². The van der Waals surface area contributed by atoms with E-state index in [9.17, 15) is 9.90 Å². The van der Waals surface area contributed by atoms with Gasteiger partial charge in [0.25, 0.3) is 0 Å². The van der Waals surface area contributed by atoms with Crippen molar-refractivity contribution in [3.63, 3.8) is 0 Å². The number of carbonyl (C=O) groups is 1. The molecule has 0 radical (unpaired) electrons. The highest BCUT2D eigenvalue weighted by Crippen LogP contribution is 2.27. The van der Waals surface area contributed by atoms with Gasteiger partial charge in [-0.2, -0.15) is 0 Å². The molecule has 3 nitrogen and oxygen atoms in total. The second kappa shape index (κ2) is 6.21. The summed E-state index contributed by atoms with van der Waals surface area (Å²) in [6.07, 6.45) is 1.09. The highest BCUT2D eigenvalue weighted by molar-refractivity contribution is 6.03. The number of para-hydroxylation sites is 1. The predicted molar refractivity (Wildman–Crippen MR) is 92.8 cm³/mol. The molecule has 2 aromatic carbocycles. The maximum Gasteiger partial charge on any atom is 0.336 e. The molecule has 1 atom stereocenters. The van der Waals surface area contributed by atoms with E-state index >= 15 is 0 Å². The number of fused-ring (bicyclic) bond motifs is 1. The van der Waals surface area contributed by atoms with Crippen molar-refractivity contribution in [1.29, 1.82) is 0 Å². The highest BCUT2D eigenvalue weighted by Gasteiger charge is 2.13. The summed E-state index contributed by atoms with van der Waals surface area (Å²) in [5, 5.41) is 10.1. The van der Waals surface area contributed by atoms with Crippen LogP contribution in [-0.4, -0.2) is 16.1 Å². The van der Waals surface area contributed by atoms with Crippen LogP contribution >= 0.6 is 0 Å². The molecular formula is C20H19NO2. The van der Waals surface area contributed by atoms with Crippen molar-refractivity contribution < 1.29 is 9.90 Å². The van der Waals surface area contributed by atoms with Crippen molar-refractivity contribution in [3.8, 4) is 11.3 Å². The number of hydrogen-bond donors (Lipinski definition) is 1. The molecule has 0 aliphatic rings. The first-order valence-corrected chi connectivity index (χ1v) is 7.83. The van der Waals surface area contributed by atoms with Crippen molar-refractivity contribution >= 4 is 16.9 Å². The minimum absolute atomic E-state index is 0.289. The third-order valence-electron chi connectivity index (χ3n) is 4.33. The van der Waals surface area contributed by atoms with Gasteiger partial charge in [0.05, 0.1) is 16.8 Å². The quantitative estimate of drug-likeness (QED) is 0.728. The van der Waals surface area contributed by atoms with E-state index in [0.29, 0.717) is 22.5 Å². The molecule has 23 heavy (non-hydrogen) atoms. The normalized spacial score (nSPS) is 12.3. The average Bonchev–Trinajstić information content (AvgIpc) is 2.60. The topological polar surface area (TPSA) is 50.2 Å². The molecule has 0 unspecified atom stereocenters. The first-order valence-electron chi connectivity index (χ1n) is 7.83. The van der Waals surface area contributed by atoms with E-state index in [4.69, 9.17) is 0 Å². The van der Waals surface area contributed by atoms with Crippen molar-refractivity contribution in [1.82, 2.24) is 4.98 Å². The van der Waals surface area contributed by atoms with Crippen LogP contribution in [0.5, 0.6) is 0 Å². The molecule has 0 bridgehead atoms. The smallest absolute Gasteiger partial charge is 0.336 e. The second-order valence-electron chi connectivity index (χ2n) is 5.81. The van der Waals surface area contributed by atoms with Crippen molar-refractivity contribution in [2.45, 2.75) is 26.2 Å². The fourth-order valence-electron chi connectivity index (χ4n) is 2.72. The van der Waals surface area contributed by atoms with E-state index < -0.39 is 5.97 Å². The molecule has 3 rings (SSSR count). The Hall–Kier alpha value is -2.68. The molecule has 1 N–H and O–H groups in total. The Morgan fingerprint density at radius 2 is 1.83 bits per heavy atom. The van der Waals surface area contributed by atoms with E-state index in [0.717, 1.165) is 12.0 Å². The molecule has 3 heteroatoms. The highest BCUT2D eigenvalue weighted by atomic mass is 16.4. The molecule has 3 aromatic rings. The summed E-state index contributed by atoms with van der Waals surface area (Å²) in [4.78, 5) is 16.2. The lowest BCUT2D eigenvalue weighted by molar-refractivity contribution is 0.0699. The molecule has 0 spiro atoms. The molecule has 1 aromatic heterocycles. The molecule has 0 aliphatic heterocycles. The Morgan fingerprint density at radius 1 is 1.13 bits per heavy atom. The van der Waals surface area contributed by atoms with Gasteiger partial charge in [0, 0.05) is 10.9 Å². The van der Waals surface area contributed by atoms with Crippen LogP contribution in [0.3, 0.4) is 0 Å². The maximum atomic E-state index is 11.6. The fourth-order valence-corrected chi connectivity index (χ4v) is 2.72. The number of rotatable bonds is 4. The van der Waals surface area contributed by atoms with Gasteiger partial charge in [-0.15, -0.1) is 0 Å². The molecule has 116 valence electrons. The van der Waals surface area contributed by atoms with E-state index in [2.05, 4.69) is 31.0 Å². The van der Waals surface area contributed by atoms with Gasteiger partial charge in [-0.3, -0.25) is 0 Å². The SMILES string of the molecule is CC[C@H](C)c1ccc(-c2cc(C(=O)O)c3ccccc3n2)cc1. The summed E-state index contributed by atoms with van der Waals surface area (Å²) < 4.78 is 0. The van der Waals surface area contributed by atoms with Gasteiger partial charge < -0.3 is 5.11 Å². The zero-order valence-corrected chi connectivity index (χ0v) is 13.3. The van der Waals surface area contributed by atoms with Gasteiger partial charge in [-0.25, -0.2) is 9.78 Å². The first kappa shape index (κ1) is 15.2. The summed E-state index contributed by atoms with van der Waals surface area (Å²) in [6, 6.07) is 17.2. The van der Waals surface area contributed by atoms with Crippen LogP contribution in [0.25, 0.3) is 22.2 Å². The number of aromatic carboxylic acids is 1. The van der Waals surface area contributed by atoms with E-state index in [1.807, 2.05) is 30.3 Å². The third-order valence-corrected chi connectivity index (χ3v) is 4.33. The Kier molecular flexibility index (Phi) is 4.11. The van der Waals surface area contributed by atoms with Crippen molar-refractivity contribution in [3.05, 3.63) is 65.7 Å². The number of aromatic nitrogens is 1. The molecule has 0 saturated heterocycles. The molecule has 0 aliphatic carbocycles. The standard InChI is InChI=1S/C20H19NO2/c1-3-13(2)14-8-10-15(11-9-14)19-12-17(20(22)23)16-6-4-5-7-18(16)21-19/h4-13H,3H2,1-2H3,(H,22,23)/t13-/m0/s1. The van der Waals surface area contributed by atoms with Gasteiger partial charge in [-0.05, 0) is 30.0 Å². The lowest BCUT2D eigenvalue weighted by atomic mass is 9.96. The van der Waals surface area contributed by atoms with E-state index in [1.54, 1.807) is 12.1 Å². The fraction of sp³-hybridized carbons (Fsp3) is 0.200. The monoisotopic (exact) mass is 305 g/mol. The Balaban J connectivity index is 2.11. The summed E-state index contributed by atoms with van der Waals surface area (Å²) in [5.74, 6) is -0.413. The van der Waals surface area contributed by atoms with Gasteiger partial charge in [-0.1, -0.05) is 56.3 Å². The van der Waals surface area contributed by atoms with Gasteiger partial charge in [0.15, 0.2) is 0 Å². The molecular weight excluding hydrogens is 286 g/mol. The third kappa shape index (κ3) is 2.95. The van der Waals surface area contributed by atoms with Gasteiger partial charge in [0.2, 0.25) is 0 Å². The lowest BCUT2D eigenvalue weighted by Gasteiger charge is -2.11. The van der Waals surface area contributed by atoms with Crippen LogP contribution in [-0.2, 0) is 0 Å². The van der Waals surface area contributed by atoms with Crippen LogP contribution in [0, 0.1) is 0 Å². The van der Waals surface area contributed by atoms with Crippen LogP contribution in [0.2, 0.25) is 0 Å². The number of carboxylic acids is 1. The number of carboxylic acid groups (broad SMARTS) is 1. The number of hydrogen-bond acceptors (Lipinski definition) is 2. The zero-order valence-electron chi connectivity index (χ0n) is 13.3. The molecule has 0 fully saturated rings. The number of pyridine rings is 1. The molecule has 0 saturated carbocycles. The van der Waals surface area contributed by atoms with E-state index in [1.165, 1.54) is 5.56 Å². The minimum atomic E-state index is -0.930. The van der Waals surface area contributed by atoms with Gasteiger partial charge >= 0.3 is 5.97 Å². The van der Waals surface area contributed by atoms with Crippen LogP contribution in [0.4, 0.5) is 0 Å². The molecule has 1 heterocycles. The van der Waals surface area contributed by atoms with Crippen molar-refractivity contribution in [2.24, 2.45) is 0 Å². The summed E-state index contributed by atoms with van der Waals surface area (Å²) in [6.45, 7) is 4.37. The largest absolute Gasteiger partial charge is 0.478 e. The van der Waals surface area contributed by atoms with Crippen LogP contribution < -0.4 is 0 Å². The zero-order chi connectivity index (χ0) is 16.4. The second-order valence-corrected chi connectivity index (χ2v) is 5.81. The average molecular weight is 305 g/mol. The number of nitrogens with zero attached hydrogens (tertiary/aromatic N) is 1. The Labute approximate surface area is 135 Å². The minimum Gasteiger partial charge on any atom is -0.478 e. The maximum absolute atomic E-state index is 11.6. The van der Waals surface area contributed by atoms with E-state index in [-0.39, 0.29) is 5.56 Å². The predicted octanol–water partition coefficient (Wildman–Crippen LogP) is 5.11. The summed E-state index contributed by atoms with van der Waals surface area (Å²) in [7, 11) is 0. The first-order chi connectivity index (χ1) is 11.1. The number of benzene rings is 2. The lowest BCUT2D eigenvalue weighted by Crippen LogP contribution is -2.00.